The molecule has 1 aromatic heterocycles. The zero-order valence-electron chi connectivity index (χ0n) is 11.5. The van der Waals surface area contributed by atoms with Gasteiger partial charge < -0.3 is 14.0 Å². The number of ether oxygens (including phenoxy) is 2. The van der Waals surface area contributed by atoms with Gasteiger partial charge in [0.05, 0.1) is 13.2 Å². The highest BCUT2D eigenvalue weighted by Crippen LogP contribution is 2.32. The lowest BCUT2D eigenvalue weighted by Gasteiger charge is -2.26. The standard InChI is InChI=1S/C13H18N2O5S/c14-21(17,18)11-5-12(13(16)20-10-7-19-8-10)15(6-11)9-3-1-2-4-9/h5-6,9-10H,1-4,7-8H2,(H2,14,17,18). The van der Waals surface area contributed by atoms with Gasteiger partial charge in [-0.15, -0.1) is 0 Å². The van der Waals surface area contributed by atoms with E-state index in [1.165, 1.54) is 12.3 Å². The minimum atomic E-state index is -3.84. The van der Waals surface area contributed by atoms with Gasteiger partial charge in [0.15, 0.2) is 0 Å². The molecule has 1 aliphatic carbocycles. The van der Waals surface area contributed by atoms with Crippen LogP contribution in [-0.2, 0) is 19.5 Å². The Hall–Kier alpha value is -1.38. The fourth-order valence-electron chi connectivity index (χ4n) is 2.75. The summed E-state index contributed by atoms with van der Waals surface area (Å²) in [6, 6.07) is 1.43. The molecule has 2 heterocycles. The molecule has 1 aromatic rings. The predicted octanol–water partition coefficient (Wildman–Crippen LogP) is 0.806. The lowest BCUT2D eigenvalue weighted by atomic mass is 10.2. The fourth-order valence-corrected chi connectivity index (χ4v) is 3.29. The van der Waals surface area contributed by atoms with Crippen LogP contribution in [-0.4, -0.2) is 38.3 Å². The third-order valence-electron chi connectivity index (χ3n) is 3.96. The van der Waals surface area contributed by atoms with Crippen molar-refractivity contribution in [1.82, 2.24) is 4.57 Å². The highest BCUT2D eigenvalue weighted by atomic mass is 32.2. The van der Waals surface area contributed by atoms with Crippen LogP contribution in [0.1, 0.15) is 42.2 Å². The van der Waals surface area contributed by atoms with E-state index < -0.39 is 16.0 Å². The van der Waals surface area contributed by atoms with Gasteiger partial charge in [-0.1, -0.05) is 12.8 Å². The molecule has 2 aliphatic rings. The van der Waals surface area contributed by atoms with Gasteiger partial charge in [0, 0.05) is 12.2 Å². The van der Waals surface area contributed by atoms with Crippen molar-refractivity contribution in [2.45, 2.75) is 42.7 Å². The van der Waals surface area contributed by atoms with Crippen molar-refractivity contribution in [3.05, 3.63) is 18.0 Å². The molecule has 0 amide bonds. The van der Waals surface area contributed by atoms with E-state index in [1.807, 2.05) is 0 Å². The Kier molecular flexibility index (Phi) is 3.76. The van der Waals surface area contributed by atoms with E-state index in [0.717, 1.165) is 25.7 Å². The molecule has 7 nitrogen and oxygen atoms in total. The molecular formula is C13H18N2O5S. The first kappa shape index (κ1) is 14.6. The number of carbonyl (C=O) groups is 1. The first-order valence-corrected chi connectivity index (χ1v) is 8.53. The van der Waals surface area contributed by atoms with Crippen LogP contribution in [0.25, 0.3) is 0 Å². The number of rotatable bonds is 4. The third-order valence-corrected chi connectivity index (χ3v) is 4.84. The minimum absolute atomic E-state index is 0.0498. The average molecular weight is 314 g/mol. The summed E-state index contributed by atoms with van der Waals surface area (Å²) in [7, 11) is -3.84. The van der Waals surface area contributed by atoms with Gasteiger partial charge in [0.1, 0.15) is 16.7 Å². The van der Waals surface area contributed by atoms with Crippen molar-refractivity contribution in [2.24, 2.45) is 5.14 Å². The molecule has 0 unspecified atom stereocenters. The van der Waals surface area contributed by atoms with Crippen LogP contribution in [0.5, 0.6) is 0 Å². The van der Waals surface area contributed by atoms with Gasteiger partial charge in [0.2, 0.25) is 10.0 Å². The lowest BCUT2D eigenvalue weighted by molar-refractivity contribution is -0.104. The van der Waals surface area contributed by atoms with Crippen molar-refractivity contribution < 1.29 is 22.7 Å². The largest absolute Gasteiger partial charge is 0.453 e. The Morgan fingerprint density at radius 2 is 2.00 bits per heavy atom. The normalized spacial score (nSPS) is 20.4. The van der Waals surface area contributed by atoms with Crippen LogP contribution in [0.4, 0.5) is 0 Å². The summed E-state index contributed by atoms with van der Waals surface area (Å²) in [4.78, 5) is 12.2. The second-order valence-electron chi connectivity index (χ2n) is 5.52. The third kappa shape index (κ3) is 2.97. The zero-order valence-corrected chi connectivity index (χ0v) is 12.3. The Morgan fingerprint density at radius 1 is 1.33 bits per heavy atom. The maximum Gasteiger partial charge on any atom is 0.355 e. The molecule has 0 atom stereocenters. The number of sulfonamides is 1. The van der Waals surface area contributed by atoms with Gasteiger partial charge >= 0.3 is 5.97 Å². The molecule has 0 spiro atoms. The SMILES string of the molecule is NS(=O)(=O)c1cc(C(=O)OC2COC2)n(C2CCCC2)c1. The summed E-state index contributed by atoms with van der Waals surface area (Å²) in [5.41, 5.74) is 0.248. The van der Waals surface area contributed by atoms with Crippen molar-refractivity contribution in [3.63, 3.8) is 0 Å². The molecule has 116 valence electrons. The van der Waals surface area contributed by atoms with E-state index in [1.54, 1.807) is 4.57 Å². The quantitative estimate of drug-likeness (QED) is 0.829. The van der Waals surface area contributed by atoms with Crippen molar-refractivity contribution >= 4 is 16.0 Å². The molecule has 1 aliphatic heterocycles. The van der Waals surface area contributed by atoms with E-state index in [0.29, 0.717) is 13.2 Å². The van der Waals surface area contributed by atoms with E-state index in [-0.39, 0.29) is 22.7 Å². The highest BCUT2D eigenvalue weighted by molar-refractivity contribution is 7.89. The van der Waals surface area contributed by atoms with Crippen LogP contribution in [0, 0.1) is 0 Å². The maximum absolute atomic E-state index is 12.2. The Morgan fingerprint density at radius 3 is 2.52 bits per heavy atom. The molecule has 8 heteroatoms. The number of hydrogen-bond acceptors (Lipinski definition) is 5. The first-order valence-electron chi connectivity index (χ1n) is 6.98. The zero-order chi connectivity index (χ0) is 15.0. The Balaban J connectivity index is 1.91. The van der Waals surface area contributed by atoms with Crippen LogP contribution in [0.15, 0.2) is 17.2 Å². The molecular weight excluding hydrogens is 296 g/mol. The number of primary sulfonamides is 1. The molecule has 3 rings (SSSR count). The smallest absolute Gasteiger partial charge is 0.355 e. The molecule has 0 aromatic carbocycles. The van der Waals surface area contributed by atoms with Gasteiger partial charge in [-0.2, -0.15) is 0 Å². The maximum atomic E-state index is 12.2. The van der Waals surface area contributed by atoms with Crippen molar-refractivity contribution in [3.8, 4) is 0 Å². The predicted molar refractivity (Wildman–Crippen MR) is 73.3 cm³/mol. The number of carbonyl (C=O) groups excluding carboxylic acids is 1. The van der Waals surface area contributed by atoms with Crippen LogP contribution < -0.4 is 5.14 Å². The topological polar surface area (TPSA) is 101 Å². The Labute approximate surface area is 123 Å². The van der Waals surface area contributed by atoms with E-state index in [2.05, 4.69) is 0 Å². The van der Waals surface area contributed by atoms with Crippen molar-refractivity contribution in [2.75, 3.05) is 13.2 Å². The number of hydrogen-bond donors (Lipinski definition) is 1. The number of esters is 1. The molecule has 0 radical (unpaired) electrons. The van der Waals surface area contributed by atoms with E-state index in [4.69, 9.17) is 14.6 Å². The lowest BCUT2D eigenvalue weighted by Crippen LogP contribution is -2.38. The first-order chi connectivity index (χ1) is 9.95. The molecule has 0 bridgehead atoms. The number of aromatic nitrogens is 1. The molecule has 1 saturated heterocycles. The van der Waals surface area contributed by atoms with Gasteiger partial charge in [-0.05, 0) is 18.9 Å². The summed E-state index contributed by atoms with van der Waals surface area (Å²) in [6.45, 7) is 0.774. The molecule has 2 N–H and O–H groups in total. The summed E-state index contributed by atoms with van der Waals surface area (Å²) in [5.74, 6) is -0.523. The van der Waals surface area contributed by atoms with Gasteiger partial charge in [-0.3, -0.25) is 0 Å². The Bertz CT molecular complexity index is 642. The van der Waals surface area contributed by atoms with E-state index in [9.17, 15) is 13.2 Å². The second kappa shape index (κ2) is 5.43. The molecule has 1 saturated carbocycles. The number of nitrogens with zero attached hydrogens (tertiary/aromatic N) is 1. The molecule has 21 heavy (non-hydrogen) atoms. The summed E-state index contributed by atoms with van der Waals surface area (Å²) < 4.78 is 35.0. The minimum Gasteiger partial charge on any atom is -0.453 e. The van der Waals surface area contributed by atoms with Gasteiger partial charge in [0.25, 0.3) is 0 Å². The van der Waals surface area contributed by atoms with Crippen LogP contribution in [0.2, 0.25) is 0 Å². The molecule has 2 fully saturated rings. The van der Waals surface area contributed by atoms with Gasteiger partial charge in [-0.25, -0.2) is 18.4 Å². The summed E-state index contributed by atoms with van der Waals surface area (Å²) in [6.07, 6.45) is 5.18. The fraction of sp³-hybridized carbons (Fsp3) is 0.615. The van der Waals surface area contributed by atoms with E-state index >= 15 is 0 Å². The number of nitrogens with two attached hydrogens (primary N) is 1. The highest BCUT2D eigenvalue weighted by Gasteiger charge is 2.29. The van der Waals surface area contributed by atoms with Crippen molar-refractivity contribution in [1.29, 1.82) is 0 Å². The second-order valence-corrected chi connectivity index (χ2v) is 7.08. The summed E-state index contributed by atoms with van der Waals surface area (Å²) >= 11 is 0. The monoisotopic (exact) mass is 314 g/mol. The average Bonchev–Trinajstić information content (AvgIpc) is 2.99. The van der Waals surface area contributed by atoms with Crippen LogP contribution in [0.3, 0.4) is 0 Å². The summed E-state index contributed by atoms with van der Waals surface area (Å²) in [5, 5.41) is 5.16. The van der Waals surface area contributed by atoms with Crippen LogP contribution >= 0.6 is 0 Å².